The van der Waals surface area contributed by atoms with Crippen molar-refractivity contribution in [3.63, 3.8) is 0 Å². The Morgan fingerprint density at radius 3 is 3.00 bits per heavy atom. The van der Waals surface area contributed by atoms with Crippen molar-refractivity contribution in [1.82, 2.24) is 10.6 Å². The number of likely N-dealkylation sites (N-methyl/N-ethyl adjacent to an activating group) is 1. The molecular weight excluding hydrogens is 268 g/mol. The van der Waals surface area contributed by atoms with Crippen molar-refractivity contribution in [1.29, 1.82) is 0 Å². The first-order valence-electron chi connectivity index (χ1n) is 8.45. The summed E-state index contributed by atoms with van der Waals surface area (Å²) in [4.78, 5) is 12.1. The molecule has 5 nitrogen and oxygen atoms in total. The highest BCUT2D eigenvalue weighted by molar-refractivity contribution is 5.81. The number of carbonyl (C=O) groups excluding carboxylic acids is 1. The molecule has 2 N–H and O–H groups in total. The lowest BCUT2D eigenvalue weighted by molar-refractivity contribution is -0.125. The number of rotatable bonds is 3. The van der Waals surface area contributed by atoms with Crippen molar-refractivity contribution in [2.75, 3.05) is 32.9 Å². The average Bonchev–Trinajstić information content (AvgIpc) is 2.95. The second kappa shape index (κ2) is 6.63. The van der Waals surface area contributed by atoms with Gasteiger partial charge in [-0.25, -0.2) is 0 Å². The van der Waals surface area contributed by atoms with Gasteiger partial charge in [-0.15, -0.1) is 0 Å². The van der Waals surface area contributed by atoms with E-state index in [9.17, 15) is 4.79 Å². The minimum atomic E-state index is -0.0189. The van der Waals surface area contributed by atoms with Crippen molar-refractivity contribution >= 4 is 5.91 Å². The highest BCUT2D eigenvalue weighted by Crippen LogP contribution is 2.41. The zero-order valence-electron chi connectivity index (χ0n) is 13.0. The van der Waals surface area contributed by atoms with Crippen molar-refractivity contribution in [3.05, 3.63) is 0 Å². The van der Waals surface area contributed by atoms with E-state index in [4.69, 9.17) is 9.47 Å². The second-order valence-electron chi connectivity index (χ2n) is 6.77. The summed E-state index contributed by atoms with van der Waals surface area (Å²) >= 11 is 0. The molecule has 120 valence electrons. The van der Waals surface area contributed by atoms with Crippen LogP contribution in [0.4, 0.5) is 0 Å². The van der Waals surface area contributed by atoms with Crippen molar-refractivity contribution < 1.29 is 14.3 Å². The minimum absolute atomic E-state index is 0.0117. The summed E-state index contributed by atoms with van der Waals surface area (Å²) in [6, 6.07) is -0.0117. The van der Waals surface area contributed by atoms with Crippen LogP contribution in [-0.4, -0.2) is 50.5 Å². The van der Waals surface area contributed by atoms with Gasteiger partial charge in [-0.1, -0.05) is 0 Å². The Morgan fingerprint density at radius 1 is 1.33 bits per heavy atom. The van der Waals surface area contributed by atoms with Gasteiger partial charge in [0.15, 0.2) is 0 Å². The van der Waals surface area contributed by atoms with Gasteiger partial charge in [0.25, 0.3) is 0 Å². The number of ether oxygens (including phenoxy) is 2. The lowest BCUT2D eigenvalue weighted by Gasteiger charge is -2.42. The standard InChI is InChI=1S/C16H28N2O3/c1-2-17-15(19)14-9-12(3-6-18-14)13-4-7-21-16(10-13)5-8-20-11-16/h12-14,18H,2-11H2,1H3,(H,17,19). The zero-order valence-corrected chi connectivity index (χ0v) is 13.0. The number of nitrogens with one attached hydrogen (secondary N) is 2. The van der Waals surface area contributed by atoms with Crippen LogP contribution in [-0.2, 0) is 14.3 Å². The number of hydrogen-bond donors (Lipinski definition) is 2. The normalized spacial score (nSPS) is 40.3. The smallest absolute Gasteiger partial charge is 0.237 e. The Labute approximate surface area is 127 Å². The second-order valence-corrected chi connectivity index (χ2v) is 6.77. The fourth-order valence-corrected chi connectivity index (χ4v) is 4.20. The molecule has 0 aromatic heterocycles. The lowest BCUT2D eigenvalue weighted by Crippen LogP contribution is -2.51. The molecule has 0 aliphatic carbocycles. The number of amides is 1. The Morgan fingerprint density at radius 2 is 2.24 bits per heavy atom. The molecular formula is C16H28N2O3. The summed E-state index contributed by atoms with van der Waals surface area (Å²) in [7, 11) is 0. The number of carbonyl (C=O) groups is 1. The number of hydrogen-bond acceptors (Lipinski definition) is 4. The van der Waals surface area contributed by atoms with Gasteiger partial charge < -0.3 is 20.1 Å². The van der Waals surface area contributed by atoms with Crippen LogP contribution >= 0.6 is 0 Å². The van der Waals surface area contributed by atoms with Gasteiger partial charge in [0.2, 0.25) is 5.91 Å². The Kier molecular flexibility index (Phi) is 4.82. The summed E-state index contributed by atoms with van der Waals surface area (Å²) in [6.45, 7) is 6.08. The van der Waals surface area contributed by atoms with Gasteiger partial charge in [-0.3, -0.25) is 4.79 Å². The molecule has 0 aromatic carbocycles. The molecule has 3 saturated heterocycles. The van der Waals surface area contributed by atoms with Gasteiger partial charge in [-0.05, 0) is 51.0 Å². The maximum Gasteiger partial charge on any atom is 0.237 e. The third-order valence-corrected chi connectivity index (χ3v) is 5.38. The lowest BCUT2D eigenvalue weighted by atomic mass is 9.73. The fourth-order valence-electron chi connectivity index (χ4n) is 4.20. The molecule has 3 aliphatic heterocycles. The molecule has 0 saturated carbocycles. The van der Waals surface area contributed by atoms with E-state index in [0.717, 1.165) is 52.0 Å². The van der Waals surface area contributed by atoms with E-state index in [1.54, 1.807) is 0 Å². The van der Waals surface area contributed by atoms with Gasteiger partial charge in [-0.2, -0.15) is 0 Å². The molecule has 3 rings (SSSR count). The van der Waals surface area contributed by atoms with E-state index in [2.05, 4.69) is 10.6 Å². The average molecular weight is 296 g/mol. The predicted molar refractivity (Wildman–Crippen MR) is 80.0 cm³/mol. The summed E-state index contributed by atoms with van der Waals surface area (Å²) in [5.41, 5.74) is -0.0189. The van der Waals surface area contributed by atoms with E-state index < -0.39 is 0 Å². The maximum absolute atomic E-state index is 12.1. The summed E-state index contributed by atoms with van der Waals surface area (Å²) in [5, 5.41) is 6.31. The molecule has 0 aromatic rings. The monoisotopic (exact) mass is 296 g/mol. The largest absolute Gasteiger partial charge is 0.378 e. The Balaban J connectivity index is 1.59. The van der Waals surface area contributed by atoms with E-state index >= 15 is 0 Å². The molecule has 3 heterocycles. The highest BCUT2D eigenvalue weighted by Gasteiger charge is 2.44. The molecule has 21 heavy (non-hydrogen) atoms. The molecule has 3 aliphatic rings. The molecule has 1 spiro atoms. The Bertz CT molecular complexity index is 369. The highest BCUT2D eigenvalue weighted by atomic mass is 16.6. The van der Waals surface area contributed by atoms with Gasteiger partial charge in [0, 0.05) is 26.2 Å². The summed E-state index contributed by atoms with van der Waals surface area (Å²) in [6.07, 6.45) is 5.42. The van der Waals surface area contributed by atoms with E-state index in [1.807, 2.05) is 6.92 Å². The van der Waals surface area contributed by atoms with E-state index in [0.29, 0.717) is 18.4 Å². The third-order valence-electron chi connectivity index (χ3n) is 5.38. The molecule has 4 unspecified atom stereocenters. The topological polar surface area (TPSA) is 59.6 Å². The number of piperidine rings is 1. The maximum atomic E-state index is 12.1. The van der Waals surface area contributed by atoms with Crippen LogP contribution in [0.5, 0.6) is 0 Å². The predicted octanol–water partition coefficient (Wildman–Crippen LogP) is 1.08. The first-order chi connectivity index (χ1) is 10.2. The van der Waals surface area contributed by atoms with Crippen LogP contribution in [0.15, 0.2) is 0 Å². The first-order valence-corrected chi connectivity index (χ1v) is 8.45. The van der Waals surface area contributed by atoms with Crippen molar-refractivity contribution in [2.24, 2.45) is 11.8 Å². The van der Waals surface area contributed by atoms with E-state index in [-0.39, 0.29) is 17.6 Å². The van der Waals surface area contributed by atoms with Gasteiger partial charge in [0.1, 0.15) is 0 Å². The van der Waals surface area contributed by atoms with Crippen LogP contribution in [0.2, 0.25) is 0 Å². The van der Waals surface area contributed by atoms with Crippen LogP contribution < -0.4 is 10.6 Å². The van der Waals surface area contributed by atoms with Crippen LogP contribution in [0.25, 0.3) is 0 Å². The van der Waals surface area contributed by atoms with Gasteiger partial charge in [0.05, 0.1) is 18.2 Å². The summed E-state index contributed by atoms with van der Waals surface area (Å²) < 4.78 is 11.6. The zero-order chi connectivity index (χ0) is 14.7. The van der Waals surface area contributed by atoms with Gasteiger partial charge >= 0.3 is 0 Å². The molecule has 4 atom stereocenters. The minimum Gasteiger partial charge on any atom is -0.378 e. The first kappa shape index (κ1) is 15.3. The third kappa shape index (κ3) is 3.41. The SMILES string of the molecule is CCNC(=O)C1CC(C2CCOC3(CCOC3)C2)CCN1. The molecule has 3 fully saturated rings. The van der Waals surface area contributed by atoms with Crippen molar-refractivity contribution in [2.45, 2.75) is 50.7 Å². The molecule has 1 amide bonds. The van der Waals surface area contributed by atoms with E-state index in [1.165, 1.54) is 6.42 Å². The van der Waals surface area contributed by atoms with Crippen molar-refractivity contribution in [3.8, 4) is 0 Å². The van der Waals surface area contributed by atoms with Crippen LogP contribution in [0.3, 0.4) is 0 Å². The molecule has 0 bridgehead atoms. The molecule has 5 heteroatoms. The Hall–Kier alpha value is -0.650. The fraction of sp³-hybridized carbons (Fsp3) is 0.938. The molecule has 0 radical (unpaired) electrons. The summed E-state index contributed by atoms with van der Waals surface area (Å²) in [5.74, 6) is 1.48. The van der Waals surface area contributed by atoms with Crippen LogP contribution in [0, 0.1) is 11.8 Å². The van der Waals surface area contributed by atoms with Crippen LogP contribution in [0.1, 0.15) is 39.0 Å². The quantitative estimate of drug-likeness (QED) is 0.818.